The van der Waals surface area contributed by atoms with Gasteiger partial charge < -0.3 is 15.2 Å². The molecule has 1 aliphatic carbocycles. The number of nitrogens with one attached hydrogen (secondary N) is 1. The number of fused-ring (bicyclic) bond motifs is 3. The molecule has 198 valence electrons. The van der Waals surface area contributed by atoms with Crippen LogP contribution in [0.1, 0.15) is 78.5 Å². The van der Waals surface area contributed by atoms with Gasteiger partial charge in [-0.15, -0.1) is 0 Å². The molecule has 2 bridgehead atoms. The van der Waals surface area contributed by atoms with Crippen molar-refractivity contribution in [2.75, 3.05) is 26.2 Å². The molecule has 6 rings (SSSR count). The Bertz CT molecular complexity index is 1070. The summed E-state index contributed by atoms with van der Waals surface area (Å²) in [6, 6.07) is 11.8. The molecule has 2 aromatic rings. The molecule has 7 heteroatoms. The number of aliphatic hydroxyl groups excluding tert-OH is 1. The zero-order valence-electron chi connectivity index (χ0n) is 21.7. The van der Waals surface area contributed by atoms with Crippen LogP contribution in [0.5, 0.6) is 0 Å². The molecule has 1 aromatic carbocycles. The van der Waals surface area contributed by atoms with E-state index in [1.165, 1.54) is 18.2 Å². The zero-order chi connectivity index (χ0) is 25.7. The molecular formula is C30H39N3O4. The van der Waals surface area contributed by atoms with Crippen LogP contribution in [0.25, 0.3) is 0 Å². The van der Waals surface area contributed by atoms with Crippen molar-refractivity contribution >= 4 is 11.9 Å². The summed E-state index contributed by atoms with van der Waals surface area (Å²) >= 11 is 0. The Balaban J connectivity index is 1.20. The lowest BCUT2D eigenvalue weighted by Gasteiger charge is -2.45. The fourth-order valence-corrected chi connectivity index (χ4v) is 6.33. The van der Waals surface area contributed by atoms with Crippen molar-refractivity contribution in [3.63, 3.8) is 0 Å². The highest BCUT2D eigenvalue weighted by Crippen LogP contribution is 2.42. The van der Waals surface area contributed by atoms with Crippen molar-refractivity contribution in [2.45, 2.75) is 75.9 Å². The van der Waals surface area contributed by atoms with E-state index < -0.39 is 5.41 Å². The lowest BCUT2D eigenvalue weighted by Crippen LogP contribution is -2.53. The average Bonchev–Trinajstić information content (AvgIpc) is 2.96. The maximum atomic E-state index is 13.8. The average molecular weight is 506 g/mol. The Morgan fingerprint density at radius 1 is 1.11 bits per heavy atom. The number of rotatable bonds is 9. The van der Waals surface area contributed by atoms with Gasteiger partial charge >= 0.3 is 5.97 Å². The third kappa shape index (κ3) is 5.88. The number of carbonyl (C=O) groups excluding carboxylic acids is 2. The van der Waals surface area contributed by atoms with E-state index in [-0.39, 0.29) is 24.6 Å². The SMILES string of the molecule is O=C(NCCCc1cccc(C2(C(=O)OC3CN4CCC3CC4)CCCCC2)c1)c1ccc(CO)nc1. The van der Waals surface area contributed by atoms with Gasteiger partial charge in [0, 0.05) is 19.3 Å². The first-order chi connectivity index (χ1) is 18.1. The second-order valence-electron chi connectivity index (χ2n) is 11.0. The van der Waals surface area contributed by atoms with Crippen molar-refractivity contribution < 1.29 is 19.4 Å². The Hall–Kier alpha value is -2.77. The summed E-state index contributed by atoms with van der Waals surface area (Å²) in [4.78, 5) is 32.7. The fraction of sp³-hybridized carbons (Fsp3) is 0.567. The summed E-state index contributed by atoms with van der Waals surface area (Å²) in [6.07, 6.45) is 10.4. The number of aryl methyl sites for hydroxylation is 1. The van der Waals surface area contributed by atoms with E-state index in [1.54, 1.807) is 12.1 Å². The quantitative estimate of drug-likeness (QED) is 0.398. The van der Waals surface area contributed by atoms with Crippen LogP contribution in [0, 0.1) is 5.92 Å². The molecule has 1 saturated carbocycles. The van der Waals surface area contributed by atoms with Crippen molar-refractivity contribution in [1.29, 1.82) is 0 Å². The van der Waals surface area contributed by atoms with E-state index >= 15 is 0 Å². The Morgan fingerprint density at radius 2 is 1.92 bits per heavy atom. The summed E-state index contributed by atoms with van der Waals surface area (Å²) in [6.45, 7) is 3.58. The minimum Gasteiger partial charge on any atom is -0.460 e. The third-order valence-corrected chi connectivity index (χ3v) is 8.61. The van der Waals surface area contributed by atoms with E-state index in [9.17, 15) is 9.59 Å². The lowest BCUT2D eigenvalue weighted by atomic mass is 9.69. The number of aliphatic hydroxyl groups is 1. The smallest absolute Gasteiger partial charge is 0.316 e. The summed E-state index contributed by atoms with van der Waals surface area (Å²) in [7, 11) is 0. The van der Waals surface area contributed by atoms with Gasteiger partial charge in [-0.2, -0.15) is 0 Å². The van der Waals surface area contributed by atoms with E-state index in [0.29, 0.717) is 23.7 Å². The Kier molecular flexibility index (Phi) is 8.20. The molecule has 4 fully saturated rings. The molecule has 1 aromatic heterocycles. The highest BCUT2D eigenvalue weighted by Gasteiger charge is 2.45. The van der Waals surface area contributed by atoms with Crippen LogP contribution in [-0.2, 0) is 28.0 Å². The summed E-state index contributed by atoms with van der Waals surface area (Å²) < 4.78 is 6.30. The van der Waals surface area contributed by atoms with Crippen molar-refractivity contribution in [2.24, 2.45) is 5.92 Å². The number of carbonyl (C=O) groups is 2. The van der Waals surface area contributed by atoms with Gasteiger partial charge in [0.1, 0.15) is 6.10 Å². The first-order valence-electron chi connectivity index (χ1n) is 13.9. The molecule has 37 heavy (non-hydrogen) atoms. The van der Waals surface area contributed by atoms with Crippen LogP contribution in [0.2, 0.25) is 0 Å². The minimum atomic E-state index is -0.539. The minimum absolute atomic E-state index is 0.0174. The fourth-order valence-electron chi connectivity index (χ4n) is 6.33. The molecule has 3 aliphatic heterocycles. The zero-order valence-corrected chi connectivity index (χ0v) is 21.7. The maximum Gasteiger partial charge on any atom is 0.316 e. The molecule has 1 atom stereocenters. The number of pyridine rings is 1. The first-order valence-corrected chi connectivity index (χ1v) is 13.9. The van der Waals surface area contributed by atoms with E-state index in [0.717, 1.165) is 76.6 Å². The number of ether oxygens (including phenoxy) is 1. The van der Waals surface area contributed by atoms with Gasteiger partial charge in [-0.25, -0.2) is 0 Å². The van der Waals surface area contributed by atoms with Gasteiger partial charge in [0.25, 0.3) is 5.91 Å². The molecule has 1 amide bonds. The van der Waals surface area contributed by atoms with E-state index in [1.807, 2.05) is 0 Å². The number of esters is 1. The van der Waals surface area contributed by atoms with Crippen LogP contribution in [-0.4, -0.2) is 59.1 Å². The van der Waals surface area contributed by atoms with Crippen LogP contribution in [0.3, 0.4) is 0 Å². The molecule has 4 aliphatic rings. The summed E-state index contributed by atoms with van der Waals surface area (Å²) in [5.74, 6) is 0.332. The number of hydrogen-bond donors (Lipinski definition) is 2. The van der Waals surface area contributed by atoms with Crippen molar-refractivity contribution in [1.82, 2.24) is 15.2 Å². The summed E-state index contributed by atoms with van der Waals surface area (Å²) in [5, 5.41) is 12.1. The molecule has 0 spiro atoms. The lowest BCUT2D eigenvalue weighted by molar-refractivity contribution is -0.167. The van der Waals surface area contributed by atoms with Crippen LogP contribution >= 0.6 is 0 Å². The van der Waals surface area contributed by atoms with E-state index in [2.05, 4.69) is 39.5 Å². The van der Waals surface area contributed by atoms with Gasteiger partial charge in [0.15, 0.2) is 0 Å². The number of aromatic nitrogens is 1. The van der Waals surface area contributed by atoms with Gasteiger partial charge in [0.05, 0.1) is 23.3 Å². The predicted octanol–water partition coefficient (Wildman–Crippen LogP) is 3.78. The van der Waals surface area contributed by atoms with Gasteiger partial charge in [0.2, 0.25) is 0 Å². The molecule has 2 N–H and O–H groups in total. The Morgan fingerprint density at radius 3 is 2.59 bits per heavy atom. The number of nitrogens with zero attached hydrogens (tertiary/aromatic N) is 2. The van der Waals surface area contributed by atoms with Gasteiger partial charge in [-0.1, -0.05) is 43.5 Å². The number of benzene rings is 1. The van der Waals surface area contributed by atoms with Crippen LogP contribution < -0.4 is 5.32 Å². The van der Waals surface area contributed by atoms with Crippen molar-refractivity contribution in [3.8, 4) is 0 Å². The number of amides is 1. The molecule has 1 unspecified atom stereocenters. The van der Waals surface area contributed by atoms with Crippen LogP contribution in [0.15, 0.2) is 42.6 Å². The largest absolute Gasteiger partial charge is 0.460 e. The third-order valence-electron chi connectivity index (χ3n) is 8.61. The molecule has 0 radical (unpaired) electrons. The highest BCUT2D eigenvalue weighted by molar-refractivity contribution is 5.93. The number of piperidine rings is 3. The predicted molar refractivity (Wildman–Crippen MR) is 141 cm³/mol. The van der Waals surface area contributed by atoms with Crippen molar-refractivity contribution in [3.05, 3.63) is 65.0 Å². The monoisotopic (exact) mass is 505 g/mol. The second-order valence-corrected chi connectivity index (χ2v) is 11.0. The Labute approximate surface area is 219 Å². The van der Waals surface area contributed by atoms with E-state index in [4.69, 9.17) is 9.84 Å². The van der Waals surface area contributed by atoms with Crippen LogP contribution in [0.4, 0.5) is 0 Å². The molecule has 7 nitrogen and oxygen atoms in total. The number of hydrogen-bond acceptors (Lipinski definition) is 6. The topological polar surface area (TPSA) is 91.8 Å². The molecular weight excluding hydrogens is 466 g/mol. The molecule has 4 heterocycles. The maximum absolute atomic E-state index is 13.8. The first kappa shape index (κ1) is 25.9. The summed E-state index contributed by atoms with van der Waals surface area (Å²) in [5.41, 5.74) is 2.76. The second kappa shape index (κ2) is 11.7. The van der Waals surface area contributed by atoms with Gasteiger partial charge in [-0.3, -0.25) is 19.5 Å². The molecule has 3 saturated heterocycles. The highest BCUT2D eigenvalue weighted by atomic mass is 16.5. The normalized spacial score (nSPS) is 24.4. The standard InChI is InChI=1S/C30H39N3O4/c34-21-26-10-9-24(19-32-26)28(35)31-15-5-7-22-6-4-8-25(18-22)30(13-2-1-3-14-30)29(36)37-27-20-33-16-11-23(27)12-17-33/h4,6,8-10,18-19,23,27,34H,1-3,5,7,11-17,20-21H2,(H,31,35). The van der Waals surface area contributed by atoms with Gasteiger partial charge in [-0.05, 0) is 80.8 Å².